The molecule has 1 aliphatic carbocycles. The third-order valence-corrected chi connectivity index (χ3v) is 7.25. The highest BCUT2D eigenvalue weighted by Crippen LogP contribution is 2.44. The number of nitrogens with zero attached hydrogens (tertiary/aromatic N) is 1. The number of alkyl carbamates (subject to hydrolysis) is 1. The molecule has 4 rings (SSSR count). The summed E-state index contributed by atoms with van der Waals surface area (Å²) < 4.78 is 10.8. The molecule has 0 heterocycles. The molecule has 0 radical (unpaired) electrons. The summed E-state index contributed by atoms with van der Waals surface area (Å²) in [5.41, 5.74) is 5.39. The van der Waals surface area contributed by atoms with Crippen LogP contribution in [0.25, 0.3) is 11.1 Å². The van der Waals surface area contributed by atoms with Gasteiger partial charge in [-0.2, -0.15) is 0 Å². The van der Waals surface area contributed by atoms with E-state index in [2.05, 4.69) is 29.6 Å². The van der Waals surface area contributed by atoms with E-state index in [1.165, 1.54) is 4.90 Å². The van der Waals surface area contributed by atoms with Gasteiger partial charge in [0.25, 0.3) is 0 Å². The first-order chi connectivity index (χ1) is 18.9. The molecule has 39 heavy (non-hydrogen) atoms. The molecule has 0 unspecified atom stereocenters. The second-order valence-electron chi connectivity index (χ2n) is 9.82. The fraction of sp³-hybridized carbons (Fsp3) is 0.344. The molecule has 1 N–H and O–H groups in total. The van der Waals surface area contributed by atoms with Gasteiger partial charge in [0.2, 0.25) is 5.91 Å². The molecule has 1 aliphatic rings. The smallest absolute Gasteiger partial charge is 0.407 e. The van der Waals surface area contributed by atoms with E-state index in [4.69, 9.17) is 9.47 Å². The Morgan fingerprint density at radius 1 is 0.846 bits per heavy atom. The summed E-state index contributed by atoms with van der Waals surface area (Å²) in [6, 6.07) is 24.8. The van der Waals surface area contributed by atoms with Gasteiger partial charge in [-0.15, -0.1) is 0 Å². The van der Waals surface area contributed by atoms with Crippen molar-refractivity contribution in [2.75, 3.05) is 19.8 Å². The summed E-state index contributed by atoms with van der Waals surface area (Å²) in [4.78, 5) is 40.6. The number of hydrogen-bond acceptors (Lipinski definition) is 5. The van der Waals surface area contributed by atoms with Gasteiger partial charge in [-0.1, -0.05) is 99.1 Å². The molecule has 7 heteroatoms. The monoisotopic (exact) mass is 528 g/mol. The molecule has 0 bridgehead atoms. The van der Waals surface area contributed by atoms with Crippen LogP contribution in [0, 0.1) is 5.92 Å². The van der Waals surface area contributed by atoms with Gasteiger partial charge in [-0.05, 0) is 40.7 Å². The molecular formula is C32H36N2O5. The number of benzene rings is 3. The number of rotatable bonds is 11. The van der Waals surface area contributed by atoms with Gasteiger partial charge < -0.3 is 19.7 Å². The highest BCUT2D eigenvalue weighted by molar-refractivity contribution is 5.88. The predicted molar refractivity (Wildman–Crippen MR) is 150 cm³/mol. The molecule has 2 amide bonds. The molecule has 3 aromatic carbocycles. The second kappa shape index (κ2) is 13.1. The zero-order valence-electron chi connectivity index (χ0n) is 22.8. The molecule has 0 saturated carbocycles. The van der Waals surface area contributed by atoms with E-state index >= 15 is 0 Å². The summed E-state index contributed by atoms with van der Waals surface area (Å²) in [5, 5.41) is 2.81. The van der Waals surface area contributed by atoms with Crippen LogP contribution in [0.3, 0.4) is 0 Å². The number of carbonyl (C=O) groups is 3. The van der Waals surface area contributed by atoms with Crippen molar-refractivity contribution < 1.29 is 23.9 Å². The Kier molecular flexibility index (Phi) is 9.36. The van der Waals surface area contributed by atoms with Crippen LogP contribution in [0.5, 0.6) is 0 Å². The van der Waals surface area contributed by atoms with Crippen molar-refractivity contribution in [2.24, 2.45) is 5.92 Å². The van der Waals surface area contributed by atoms with Crippen LogP contribution < -0.4 is 5.32 Å². The average molecular weight is 529 g/mol. The number of hydrogen-bond donors (Lipinski definition) is 1. The third kappa shape index (κ3) is 6.66. The summed E-state index contributed by atoms with van der Waals surface area (Å²) in [6.45, 7) is 5.96. The van der Waals surface area contributed by atoms with Crippen LogP contribution in [-0.2, 0) is 25.6 Å². The lowest BCUT2D eigenvalue weighted by Gasteiger charge is -2.30. The Bertz CT molecular complexity index is 1250. The van der Waals surface area contributed by atoms with E-state index in [0.717, 1.165) is 27.8 Å². The maximum atomic E-state index is 13.8. The zero-order chi connectivity index (χ0) is 27.8. The van der Waals surface area contributed by atoms with Crippen LogP contribution in [0.4, 0.5) is 4.79 Å². The lowest BCUT2D eigenvalue weighted by atomic mass is 9.97. The zero-order valence-corrected chi connectivity index (χ0v) is 22.8. The lowest BCUT2D eigenvalue weighted by Crippen LogP contribution is -2.52. The minimum Gasteiger partial charge on any atom is -0.465 e. The molecule has 2 atom stereocenters. The first-order valence-corrected chi connectivity index (χ1v) is 13.5. The Balaban J connectivity index is 1.48. The first kappa shape index (κ1) is 27.9. The third-order valence-electron chi connectivity index (χ3n) is 7.25. The predicted octanol–water partition coefficient (Wildman–Crippen LogP) is 5.53. The fourth-order valence-corrected chi connectivity index (χ4v) is 5.02. The van der Waals surface area contributed by atoms with E-state index in [0.29, 0.717) is 6.42 Å². The number of amides is 2. The van der Waals surface area contributed by atoms with E-state index < -0.39 is 18.1 Å². The number of esters is 1. The number of nitrogens with one attached hydrogen (secondary N) is 1. The van der Waals surface area contributed by atoms with Gasteiger partial charge in [-0.3, -0.25) is 9.59 Å². The topological polar surface area (TPSA) is 84.9 Å². The Labute approximate surface area is 230 Å². The molecular weight excluding hydrogens is 492 g/mol. The minimum absolute atomic E-state index is 0.0840. The molecule has 0 fully saturated rings. The van der Waals surface area contributed by atoms with Crippen molar-refractivity contribution in [1.29, 1.82) is 0 Å². The first-order valence-electron chi connectivity index (χ1n) is 13.5. The largest absolute Gasteiger partial charge is 0.465 e. The summed E-state index contributed by atoms with van der Waals surface area (Å²) in [5.74, 6) is -1.11. The summed E-state index contributed by atoms with van der Waals surface area (Å²) in [7, 11) is 0. The van der Waals surface area contributed by atoms with Gasteiger partial charge in [0.15, 0.2) is 0 Å². The van der Waals surface area contributed by atoms with E-state index in [1.807, 2.05) is 68.4 Å². The van der Waals surface area contributed by atoms with Crippen molar-refractivity contribution in [3.8, 4) is 11.1 Å². The van der Waals surface area contributed by atoms with Gasteiger partial charge in [0.05, 0.1) is 6.61 Å². The van der Waals surface area contributed by atoms with Crippen molar-refractivity contribution in [2.45, 2.75) is 45.7 Å². The molecule has 0 saturated heterocycles. The van der Waals surface area contributed by atoms with Gasteiger partial charge in [-0.25, -0.2) is 4.79 Å². The molecule has 3 aromatic rings. The van der Waals surface area contributed by atoms with Crippen molar-refractivity contribution in [1.82, 2.24) is 10.2 Å². The van der Waals surface area contributed by atoms with Gasteiger partial charge >= 0.3 is 12.1 Å². The normalized spacial score (nSPS) is 13.5. The van der Waals surface area contributed by atoms with E-state index in [1.54, 1.807) is 6.92 Å². The number of carbonyl (C=O) groups excluding carboxylic acids is 3. The van der Waals surface area contributed by atoms with E-state index in [9.17, 15) is 14.4 Å². The number of ether oxygens (including phenoxy) is 2. The highest BCUT2D eigenvalue weighted by atomic mass is 16.5. The quantitative estimate of drug-likeness (QED) is 0.331. The second-order valence-corrected chi connectivity index (χ2v) is 9.82. The van der Waals surface area contributed by atoms with E-state index in [-0.39, 0.29) is 44.0 Å². The molecule has 0 spiro atoms. The van der Waals surface area contributed by atoms with Crippen LogP contribution >= 0.6 is 0 Å². The average Bonchev–Trinajstić information content (AvgIpc) is 3.28. The van der Waals surface area contributed by atoms with Crippen molar-refractivity contribution in [3.05, 3.63) is 95.6 Å². The Hall–Kier alpha value is -4.13. The summed E-state index contributed by atoms with van der Waals surface area (Å²) >= 11 is 0. The Morgan fingerprint density at radius 2 is 1.44 bits per heavy atom. The minimum atomic E-state index is -0.858. The van der Waals surface area contributed by atoms with Crippen LogP contribution in [0.15, 0.2) is 78.9 Å². The maximum absolute atomic E-state index is 13.8. The molecule has 0 aromatic heterocycles. The van der Waals surface area contributed by atoms with Crippen LogP contribution in [0.2, 0.25) is 0 Å². The molecule has 7 nitrogen and oxygen atoms in total. The van der Waals surface area contributed by atoms with Crippen molar-refractivity contribution in [3.63, 3.8) is 0 Å². The van der Waals surface area contributed by atoms with Crippen LogP contribution in [-0.4, -0.2) is 48.7 Å². The molecule has 0 aliphatic heterocycles. The van der Waals surface area contributed by atoms with Gasteiger partial charge in [0.1, 0.15) is 19.2 Å². The lowest BCUT2D eigenvalue weighted by molar-refractivity contribution is -0.150. The highest BCUT2D eigenvalue weighted by Gasteiger charge is 2.33. The van der Waals surface area contributed by atoms with Gasteiger partial charge in [0, 0.05) is 12.5 Å². The van der Waals surface area contributed by atoms with Crippen molar-refractivity contribution >= 4 is 18.0 Å². The fourth-order valence-electron chi connectivity index (χ4n) is 5.02. The summed E-state index contributed by atoms with van der Waals surface area (Å²) in [6.07, 6.45) is -0.00939. The van der Waals surface area contributed by atoms with Crippen LogP contribution in [0.1, 0.15) is 49.8 Å². The standard InChI is InChI=1S/C32H36N2O5/c1-4-22(3)30(31(36)34(20-29(35)38-5-2)19-23-13-7-6-8-14-23)33-32(37)39-21-28-26-17-11-9-15-24(26)25-16-10-12-18-27(25)28/h6-18,22,28,30H,4-5,19-21H2,1-3H3,(H,33,37)/t22-,30-/m0/s1. The number of fused-ring (bicyclic) bond motifs is 3. The molecule has 204 valence electrons. The maximum Gasteiger partial charge on any atom is 0.407 e. The SMILES string of the molecule is CCOC(=O)CN(Cc1ccccc1)C(=O)[C@@H](NC(=O)OCC1c2ccccc2-c2ccccc21)[C@@H](C)CC. The Morgan fingerprint density at radius 3 is 2.03 bits per heavy atom.